The van der Waals surface area contributed by atoms with E-state index >= 15 is 0 Å². The van der Waals surface area contributed by atoms with Crippen LogP contribution < -0.4 is 11.1 Å². The van der Waals surface area contributed by atoms with Crippen LogP contribution in [-0.2, 0) is 6.54 Å². The van der Waals surface area contributed by atoms with Crippen molar-refractivity contribution in [3.8, 4) is 11.1 Å². The number of rotatable bonds is 3. The number of amides is 1. The normalized spacial score (nSPS) is 10.1. The van der Waals surface area contributed by atoms with Crippen molar-refractivity contribution in [2.45, 2.75) is 6.54 Å². The molecule has 0 unspecified atom stereocenters. The third-order valence-corrected chi connectivity index (χ3v) is 2.94. The van der Waals surface area contributed by atoms with Gasteiger partial charge in [-0.25, -0.2) is 0 Å². The van der Waals surface area contributed by atoms with Crippen LogP contribution in [0.15, 0.2) is 48.5 Å². The van der Waals surface area contributed by atoms with Crippen molar-refractivity contribution in [3.05, 3.63) is 59.7 Å². The second-order valence-corrected chi connectivity index (χ2v) is 3.98. The quantitative estimate of drug-likeness (QED) is 0.864. The van der Waals surface area contributed by atoms with Crippen LogP contribution in [0.1, 0.15) is 15.9 Å². The lowest BCUT2D eigenvalue weighted by atomic mass is 9.95. The molecule has 0 radical (unpaired) electrons. The summed E-state index contributed by atoms with van der Waals surface area (Å²) >= 11 is 0. The lowest BCUT2D eigenvalue weighted by molar-refractivity contribution is 0.0962. The van der Waals surface area contributed by atoms with E-state index in [2.05, 4.69) is 5.32 Å². The number of hydrogen-bond donors (Lipinski definition) is 2. The van der Waals surface area contributed by atoms with Crippen molar-refractivity contribution in [3.63, 3.8) is 0 Å². The molecule has 0 aliphatic heterocycles. The van der Waals surface area contributed by atoms with Crippen molar-refractivity contribution in [1.82, 2.24) is 5.32 Å². The molecule has 0 aromatic heterocycles. The first-order valence-corrected chi connectivity index (χ1v) is 5.87. The van der Waals surface area contributed by atoms with Gasteiger partial charge in [0.25, 0.3) is 5.91 Å². The number of carbonyl (C=O) groups excluding carboxylic acids is 1. The zero-order valence-corrected chi connectivity index (χ0v) is 10.3. The fourth-order valence-corrected chi connectivity index (χ4v) is 2.04. The molecule has 1 amide bonds. The van der Waals surface area contributed by atoms with E-state index in [1.807, 2.05) is 42.5 Å². The van der Waals surface area contributed by atoms with E-state index in [0.717, 1.165) is 16.7 Å². The number of nitrogens with one attached hydrogen (secondary N) is 1. The van der Waals surface area contributed by atoms with E-state index in [9.17, 15) is 4.79 Å². The zero-order chi connectivity index (χ0) is 13.0. The molecular formula is C15H16N2O. The maximum atomic E-state index is 11.8. The molecule has 0 heterocycles. The Morgan fingerprint density at radius 3 is 2.44 bits per heavy atom. The zero-order valence-electron chi connectivity index (χ0n) is 10.3. The molecule has 18 heavy (non-hydrogen) atoms. The molecular weight excluding hydrogens is 224 g/mol. The molecule has 2 aromatic rings. The van der Waals surface area contributed by atoms with Gasteiger partial charge in [0.05, 0.1) is 0 Å². The molecule has 0 fully saturated rings. The summed E-state index contributed by atoms with van der Waals surface area (Å²) in [6.45, 7) is 0.341. The van der Waals surface area contributed by atoms with Crippen molar-refractivity contribution in [2.24, 2.45) is 5.73 Å². The van der Waals surface area contributed by atoms with Crippen LogP contribution in [0.4, 0.5) is 0 Å². The highest BCUT2D eigenvalue weighted by atomic mass is 16.1. The Kier molecular flexibility index (Phi) is 3.75. The Hall–Kier alpha value is -2.13. The van der Waals surface area contributed by atoms with Gasteiger partial charge in [0.1, 0.15) is 0 Å². The van der Waals surface area contributed by atoms with Crippen LogP contribution in [-0.4, -0.2) is 13.0 Å². The van der Waals surface area contributed by atoms with Crippen molar-refractivity contribution in [2.75, 3.05) is 7.05 Å². The standard InChI is InChI=1S/C15H16N2O/c1-17-15(18)13-9-5-8-12(14(13)10-16)11-6-3-2-4-7-11/h2-9H,10,16H2,1H3,(H,17,18). The van der Waals surface area contributed by atoms with E-state index in [1.165, 1.54) is 0 Å². The van der Waals surface area contributed by atoms with Crippen LogP contribution in [0, 0.1) is 0 Å². The highest BCUT2D eigenvalue weighted by Crippen LogP contribution is 2.25. The molecule has 2 rings (SSSR count). The van der Waals surface area contributed by atoms with Crippen LogP contribution in [0.3, 0.4) is 0 Å². The van der Waals surface area contributed by atoms with E-state index in [0.29, 0.717) is 12.1 Å². The minimum absolute atomic E-state index is 0.103. The predicted molar refractivity (Wildman–Crippen MR) is 73.2 cm³/mol. The minimum Gasteiger partial charge on any atom is -0.355 e. The number of hydrogen-bond acceptors (Lipinski definition) is 2. The van der Waals surface area contributed by atoms with Gasteiger partial charge in [-0.3, -0.25) is 4.79 Å². The Morgan fingerprint density at radius 1 is 1.11 bits per heavy atom. The van der Waals surface area contributed by atoms with Gasteiger partial charge < -0.3 is 11.1 Å². The molecule has 0 aliphatic rings. The third-order valence-electron chi connectivity index (χ3n) is 2.94. The summed E-state index contributed by atoms with van der Waals surface area (Å²) in [6.07, 6.45) is 0. The summed E-state index contributed by atoms with van der Waals surface area (Å²) in [7, 11) is 1.62. The number of benzene rings is 2. The van der Waals surface area contributed by atoms with Crippen LogP contribution in [0.25, 0.3) is 11.1 Å². The predicted octanol–water partition coefficient (Wildman–Crippen LogP) is 2.17. The molecule has 3 nitrogen and oxygen atoms in total. The molecule has 0 atom stereocenters. The van der Waals surface area contributed by atoms with Gasteiger partial charge >= 0.3 is 0 Å². The first-order chi connectivity index (χ1) is 8.77. The van der Waals surface area contributed by atoms with Gasteiger partial charge in [-0.2, -0.15) is 0 Å². The van der Waals surface area contributed by atoms with Crippen LogP contribution in [0.2, 0.25) is 0 Å². The Bertz CT molecular complexity index is 550. The van der Waals surface area contributed by atoms with Gasteiger partial charge in [0.15, 0.2) is 0 Å². The lowest BCUT2D eigenvalue weighted by Crippen LogP contribution is -2.21. The molecule has 0 spiro atoms. The summed E-state index contributed by atoms with van der Waals surface area (Å²) in [4.78, 5) is 11.8. The van der Waals surface area contributed by atoms with Gasteiger partial charge in [0.2, 0.25) is 0 Å². The summed E-state index contributed by atoms with van der Waals surface area (Å²) in [5.74, 6) is -0.103. The Balaban J connectivity index is 2.59. The van der Waals surface area contributed by atoms with Crippen molar-refractivity contribution >= 4 is 5.91 Å². The monoisotopic (exact) mass is 240 g/mol. The SMILES string of the molecule is CNC(=O)c1cccc(-c2ccccc2)c1CN. The van der Waals surface area contributed by atoms with Gasteiger partial charge in [-0.1, -0.05) is 42.5 Å². The highest BCUT2D eigenvalue weighted by molar-refractivity contribution is 5.97. The van der Waals surface area contributed by atoms with Crippen LogP contribution in [0.5, 0.6) is 0 Å². The number of carbonyl (C=O) groups is 1. The second kappa shape index (κ2) is 5.47. The minimum atomic E-state index is -0.103. The molecule has 2 aromatic carbocycles. The van der Waals surface area contributed by atoms with Gasteiger partial charge in [-0.05, 0) is 22.8 Å². The lowest BCUT2D eigenvalue weighted by Gasteiger charge is -2.12. The molecule has 0 saturated heterocycles. The molecule has 3 N–H and O–H groups in total. The third kappa shape index (κ3) is 2.26. The second-order valence-electron chi connectivity index (χ2n) is 3.98. The molecule has 0 aliphatic carbocycles. The van der Waals surface area contributed by atoms with E-state index < -0.39 is 0 Å². The van der Waals surface area contributed by atoms with E-state index in [-0.39, 0.29) is 5.91 Å². The smallest absolute Gasteiger partial charge is 0.251 e. The first-order valence-electron chi connectivity index (χ1n) is 5.87. The molecule has 0 saturated carbocycles. The van der Waals surface area contributed by atoms with Crippen molar-refractivity contribution < 1.29 is 4.79 Å². The average molecular weight is 240 g/mol. The molecule has 92 valence electrons. The van der Waals surface area contributed by atoms with Crippen LogP contribution >= 0.6 is 0 Å². The molecule has 3 heteroatoms. The maximum Gasteiger partial charge on any atom is 0.251 e. The van der Waals surface area contributed by atoms with Crippen molar-refractivity contribution in [1.29, 1.82) is 0 Å². The van der Waals surface area contributed by atoms with E-state index in [4.69, 9.17) is 5.73 Å². The van der Waals surface area contributed by atoms with Gasteiger partial charge in [0, 0.05) is 19.2 Å². The fraction of sp³-hybridized carbons (Fsp3) is 0.133. The Labute approximate surface area is 107 Å². The summed E-state index contributed by atoms with van der Waals surface area (Å²) in [6, 6.07) is 15.6. The van der Waals surface area contributed by atoms with E-state index in [1.54, 1.807) is 13.1 Å². The first kappa shape index (κ1) is 12.3. The van der Waals surface area contributed by atoms with Gasteiger partial charge in [-0.15, -0.1) is 0 Å². The fourth-order valence-electron chi connectivity index (χ4n) is 2.04. The Morgan fingerprint density at radius 2 is 1.83 bits per heavy atom. The summed E-state index contributed by atoms with van der Waals surface area (Å²) < 4.78 is 0. The largest absolute Gasteiger partial charge is 0.355 e. The number of nitrogens with two attached hydrogens (primary N) is 1. The topological polar surface area (TPSA) is 55.1 Å². The highest BCUT2D eigenvalue weighted by Gasteiger charge is 2.13. The average Bonchev–Trinajstić information content (AvgIpc) is 2.46. The molecule has 0 bridgehead atoms. The maximum absolute atomic E-state index is 11.8. The summed E-state index contributed by atoms with van der Waals surface area (Å²) in [5, 5.41) is 2.64. The summed E-state index contributed by atoms with van der Waals surface area (Å²) in [5.41, 5.74) is 9.41.